The lowest BCUT2D eigenvalue weighted by Gasteiger charge is -2.56. The summed E-state index contributed by atoms with van der Waals surface area (Å²) >= 11 is 4.08. The van der Waals surface area contributed by atoms with E-state index in [4.69, 9.17) is 14.3 Å². The Kier molecular flexibility index (Phi) is 5.96. The van der Waals surface area contributed by atoms with Crippen molar-refractivity contribution < 1.29 is 23.9 Å². The third-order valence-electron chi connectivity index (χ3n) is 5.92. The molecule has 0 unspecified atom stereocenters. The van der Waals surface area contributed by atoms with Crippen LogP contribution in [0.3, 0.4) is 0 Å². The van der Waals surface area contributed by atoms with E-state index in [0.29, 0.717) is 5.75 Å². The standard InChI is InChI=1S/C18H29NO5S/c1-11(10-25)16(20)23-15(9-22-2)17(21)24-19-18-6-12-3-13(7-18)5-14(4-12)8-18/h11-15,19,25H,3-10H2,1-2H3/t11-,12?,13?,14?,15+,18?/m1/s1. The van der Waals surface area contributed by atoms with Crippen molar-refractivity contribution in [2.75, 3.05) is 19.5 Å². The maximum atomic E-state index is 12.4. The first-order valence-corrected chi connectivity index (χ1v) is 9.86. The number of hydroxylamine groups is 1. The first kappa shape index (κ1) is 19.0. The highest BCUT2D eigenvalue weighted by atomic mass is 32.1. The zero-order valence-corrected chi connectivity index (χ0v) is 15.9. The molecule has 0 radical (unpaired) electrons. The molecule has 0 spiro atoms. The van der Waals surface area contributed by atoms with Gasteiger partial charge in [0.05, 0.1) is 18.1 Å². The van der Waals surface area contributed by atoms with Gasteiger partial charge in [0.15, 0.2) is 0 Å². The van der Waals surface area contributed by atoms with Crippen LogP contribution < -0.4 is 5.48 Å². The van der Waals surface area contributed by atoms with Crippen LogP contribution in [0.15, 0.2) is 0 Å². The summed E-state index contributed by atoms with van der Waals surface area (Å²) in [4.78, 5) is 29.7. The molecule has 4 aliphatic carbocycles. The second-order valence-corrected chi connectivity index (χ2v) is 8.55. The summed E-state index contributed by atoms with van der Waals surface area (Å²) in [5, 5.41) is 0. The molecule has 4 bridgehead atoms. The fourth-order valence-electron chi connectivity index (χ4n) is 5.09. The molecule has 0 aromatic rings. The first-order valence-electron chi connectivity index (χ1n) is 9.23. The quantitative estimate of drug-likeness (QED) is 0.387. The fourth-order valence-corrected chi connectivity index (χ4v) is 5.24. The summed E-state index contributed by atoms with van der Waals surface area (Å²) < 4.78 is 10.3. The Morgan fingerprint density at radius 3 is 2.16 bits per heavy atom. The van der Waals surface area contributed by atoms with Gasteiger partial charge in [0.1, 0.15) is 0 Å². The summed E-state index contributed by atoms with van der Waals surface area (Å²) in [5.41, 5.74) is 2.98. The number of carbonyl (C=O) groups is 2. The fraction of sp³-hybridized carbons (Fsp3) is 0.889. The van der Waals surface area contributed by atoms with Crippen LogP contribution in [0.1, 0.15) is 45.4 Å². The van der Waals surface area contributed by atoms with E-state index in [1.165, 1.54) is 26.4 Å². The van der Waals surface area contributed by atoms with Crippen LogP contribution in [0, 0.1) is 23.7 Å². The van der Waals surface area contributed by atoms with Gasteiger partial charge in [-0.3, -0.25) is 4.79 Å². The van der Waals surface area contributed by atoms with E-state index in [2.05, 4.69) is 18.1 Å². The van der Waals surface area contributed by atoms with E-state index in [-0.39, 0.29) is 18.1 Å². The maximum Gasteiger partial charge on any atom is 0.368 e. The third kappa shape index (κ3) is 4.31. The van der Waals surface area contributed by atoms with E-state index in [1.807, 2.05) is 0 Å². The van der Waals surface area contributed by atoms with Crippen LogP contribution in [0.4, 0.5) is 0 Å². The summed E-state index contributed by atoms with van der Waals surface area (Å²) in [6.45, 7) is 1.69. The summed E-state index contributed by atoms with van der Waals surface area (Å²) in [6, 6.07) is 0. The van der Waals surface area contributed by atoms with Gasteiger partial charge in [-0.2, -0.15) is 12.6 Å². The van der Waals surface area contributed by atoms with E-state index < -0.39 is 18.0 Å². The minimum absolute atomic E-state index is 0.0214. The number of thiol groups is 1. The topological polar surface area (TPSA) is 73.9 Å². The van der Waals surface area contributed by atoms with E-state index >= 15 is 0 Å². The third-order valence-corrected chi connectivity index (χ3v) is 6.47. The molecule has 0 amide bonds. The van der Waals surface area contributed by atoms with Crippen molar-refractivity contribution in [1.29, 1.82) is 0 Å². The highest BCUT2D eigenvalue weighted by Crippen LogP contribution is 2.55. The number of carbonyl (C=O) groups excluding carboxylic acids is 2. The van der Waals surface area contributed by atoms with Crippen molar-refractivity contribution in [2.45, 2.75) is 57.1 Å². The predicted octanol–water partition coefficient (Wildman–Crippen LogP) is 2.13. The Hall–Kier alpha value is -0.790. The minimum Gasteiger partial charge on any atom is -0.448 e. The lowest BCUT2D eigenvalue weighted by molar-refractivity contribution is -0.186. The van der Waals surface area contributed by atoms with Crippen LogP contribution in [-0.4, -0.2) is 43.1 Å². The lowest BCUT2D eigenvalue weighted by Crippen LogP contribution is -2.59. The monoisotopic (exact) mass is 371 g/mol. The second-order valence-electron chi connectivity index (χ2n) is 8.19. The van der Waals surface area contributed by atoms with Gasteiger partial charge in [-0.1, -0.05) is 6.92 Å². The number of esters is 1. The molecule has 6 nitrogen and oxygen atoms in total. The van der Waals surface area contributed by atoms with Gasteiger partial charge >= 0.3 is 11.9 Å². The van der Waals surface area contributed by atoms with Crippen molar-refractivity contribution in [2.24, 2.45) is 23.7 Å². The molecular weight excluding hydrogens is 342 g/mol. The van der Waals surface area contributed by atoms with Crippen LogP contribution >= 0.6 is 12.6 Å². The van der Waals surface area contributed by atoms with Gasteiger partial charge in [0.25, 0.3) is 0 Å². The first-order chi connectivity index (χ1) is 11.9. The van der Waals surface area contributed by atoms with Crippen molar-refractivity contribution >= 4 is 24.6 Å². The molecular formula is C18H29NO5S. The molecule has 4 fully saturated rings. The summed E-state index contributed by atoms with van der Waals surface area (Å²) in [5.74, 6) is 1.16. The Bertz CT molecular complexity index is 476. The number of rotatable bonds is 8. The number of nitrogens with one attached hydrogen (secondary N) is 1. The zero-order chi connectivity index (χ0) is 18.0. The molecule has 2 atom stereocenters. The summed E-state index contributed by atoms with van der Waals surface area (Å²) in [6.07, 6.45) is 6.11. The number of methoxy groups -OCH3 is 1. The number of hydrogen-bond donors (Lipinski definition) is 2. The molecule has 4 rings (SSSR count). The van der Waals surface area contributed by atoms with Gasteiger partial charge in [-0.25, -0.2) is 4.79 Å². The normalized spacial score (nSPS) is 35.2. The van der Waals surface area contributed by atoms with Gasteiger partial charge in [0.2, 0.25) is 6.10 Å². The van der Waals surface area contributed by atoms with E-state index in [0.717, 1.165) is 37.0 Å². The SMILES string of the molecule is COC[C@H](OC(=O)[C@H](C)CS)C(=O)ONC12CC3CC(CC(C3)C1)C2. The average Bonchev–Trinajstić information content (AvgIpc) is 2.57. The van der Waals surface area contributed by atoms with Crippen molar-refractivity contribution in [3.63, 3.8) is 0 Å². The van der Waals surface area contributed by atoms with Crippen LogP contribution in [0.25, 0.3) is 0 Å². The average molecular weight is 371 g/mol. The van der Waals surface area contributed by atoms with E-state index in [9.17, 15) is 9.59 Å². The molecule has 0 heterocycles. The maximum absolute atomic E-state index is 12.4. The molecule has 0 saturated heterocycles. The summed E-state index contributed by atoms with van der Waals surface area (Å²) in [7, 11) is 1.46. The van der Waals surface area contributed by atoms with Gasteiger partial charge in [-0.05, 0) is 56.3 Å². The highest BCUT2D eigenvalue weighted by Gasteiger charge is 2.51. The van der Waals surface area contributed by atoms with Gasteiger partial charge in [0, 0.05) is 12.9 Å². The molecule has 4 aliphatic rings. The minimum atomic E-state index is -1.05. The Balaban J connectivity index is 1.55. The van der Waals surface area contributed by atoms with Crippen molar-refractivity contribution in [1.82, 2.24) is 5.48 Å². The lowest BCUT2D eigenvalue weighted by atomic mass is 9.53. The Morgan fingerprint density at radius 1 is 1.12 bits per heavy atom. The molecule has 1 N–H and O–H groups in total. The Labute approximate surface area is 154 Å². The molecule has 0 aromatic heterocycles. The largest absolute Gasteiger partial charge is 0.448 e. The highest BCUT2D eigenvalue weighted by molar-refractivity contribution is 7.80. The molecule has 7 heteroatoms. The van der Waals surface area contributed by atoms with E-state index in [1.54, 1.807) is 6.92 Å². The van der Waals surface area contributed by atoms with Crippen LogP contribution in [0.5, 0.6) is 0 Å². The Morgan fingerprint density at radius 2 is 1.68 bits per heavy atom. The molecule has 25 heavy (non-hydrogen) atoms. The molecule has 0 aromatic carbocycles. The second kappa shape index (κ2) is 7.84. The van der Waals surface area contributed by atoms with Crippen LogP contribution in [-0.2, 0) is 23.9 Å². The number of ether oxygens (including phenoxy) is 2. The molecule has 4 saturated carbocycles. The zero-order valence-electron chi connectivity index (χ0n) is 15.0. The predicted molar refractivity (Wildman–Crippen MR) is 94.9 cm³/mol. The number of hydrogen-bond acceptors (Lipinski definition) is 7. The molecule has 142 valence electrons. The smallest absolute Gasteiger partial charge is 0.368 e. The van der Waals surface area contributed by atoms with Gasteiger partial charge in [-0.15, -0.1) is 5.48 Å². The van der Waals surface area contributed by atoms with Gasteiger partial charge < -0.3 is 14.3 Å². The molecule has 0 aliphatic heterocycles. The van der Waals surface area contributed by atoms with Crippen molar-refractivity contribution in [3.8, 4) is 0 Å². The van der Waals surface area contributed by atoms with Crippen LogP contribution in [0.2, 0.25) is 0 Å². The van der Waals surface area contributed by atoms with Crippen molar-refractivity contribution in [3.05, 3.63) is 0 Å².